The minimum Gasteiger partial charge on any atom is -0.469 e. The summed E-state index contributed by atoms with van der Waals surface area (Å²) in [5, 5.41) is 2.66. The van der Waals surface area contributed by atoms with Crippen LogP contribution in [-0.2, 0) is 14.3 Å². The number of carbonyl (C=O) groups excluding carboxylic acids is 2. The molecule has 0 radical (unpaired) electrons. The lowest BCUT2D eigenvalue weighted by molar-refractivity contribution is -0.141. The zero-order valence-corrected chi connectivity index (χ0v) is 8.87. The maximum Gasteiger partial charge on any atom is 0.307 e. The van der Waals surface area contributed by atoms with E-state index in [1.165, 1.54) is 7.11 Å². The van der Waals surface area contributed by atoms with Gasteiger partial charge in [-0.15, -0.1) is 0 Å². The molecule has 0 aliphatic rings. The van der Waals surface area contributed by atoms with Crippen LogP contribution in [0.15, 0.2) is 0 Å². The van der Waals surface area contributed by atoms with E-state index >= 15 is 0 Å². The molecule has 5 heteroatoms. The number of methoxy groups -OCH3 is 1. The van der Waals surface area contributed by atoms with E-state index in [4.69, 9.17) is 5.73 Å². The highest BCUT2D eigenvalue weighted by Gasteiger charge is 2.12. The summed E-state index contributed by atoms with van der Waals surface area (Å²) in [4.78, 5) is 22.0. The lowest BCUT2D eigenvalue weighted by atomic mass is 10.2. The Morgan fingerprint density at radius 3 is 2.36 bits per heavy atom. The minimum atomic E-state index is -0.335. The second-order valence-corrected chi connectivity index (χ2v) is 3.43. The van der Waals surface area contributed by atoms with Crippen LogP contribution < -0.4 is 11.1 Å². The Kier molecular flexibility index (Phi) is 5.87. The number of nitrogens with one attached hydrogen (secondary N) is 1. The van der Waals surface area contributed by atoms with Gasteiger partial charge in [-0.3, -0.25) is 9.59 Å². The van der Waals surface area contributed by atoms with Crippen molar-refractivity contribution in [3.8, 4) is 0 Å². The van der Waals surface area contributed by atoms with Gasteiger partial charge in [0.15, 0.2) is 0 Å². The number of hydrogen-bond donors (Lipinski definition) is 2. The van der Waals surface area contributed by atoms with Crippen LogP contribution >= 0.6 is 0 Å². The molecule has 3 N–H and O–H groups in total. The van der Waals surface area contributed by atoms with Crippen LogP contribution in [0.2, 0.25) is 0 Å². The minimum absolute atomic E-state index is 0.142. The molecule has 1 unspecified atom stereocenters. The number of esters is 1. The van der Waals surface area contributed by atoms with Crippen molar-refractivity contribution in [2.75, 3.05) is 7.11 Å². The van der Waals surface area contributed by atoms with E-state index in [1.807, 2.05) is 0 Å². The van der Waals surface area contributed by atoms with Crippen molar-refractivity contribution in [3.05, 3.63) is 0 Å². The Morgan fingerprint density at radius 1 is 1.36 bits per heavy atom. The zero-order chi connectivity index (χ0) is 11.1. The molecule has 0 aliphatic heterocycles. The van der Waals surface area contributed by atoms with Crippen molar-refractivity contribution >= 4 is 11.9 Å². The van der Waals surface area contributed by atoms with Crippen LogP contribution in [-0.4, -0.2) is 31.1 Å². The van der Waals surface area contributed by atoms with Gasteiger partial charge in [0.1, 0.15) is 0 Å². The predicted molar refractivity (Wildman–Crippen MR) is 52.5 cm³/mol. The summed E-state index contributed by atoms with van der Waals surface area (Å²) in [6.07, 6.45) is 0.451. The van der Waals surface area contributed by atoms with E-state index in [2.05, 4.69) is 10.1 Å². The van der Waals surface area contributed by atoms with Crippen molar-refractivity contribution in [3.63, 3.8) is 0 Å². The first-order valence-corrected chi connectivity index (χ1v) is 4.57. The summed E-state index contributed by atoms with van der Waals surface area (Å²) in [6.45, 7) is 3.50. The van der Waals surface area contributed by atoms with Gasteiger partial charge in [0.25, 0.3) is 0 Å². The van der Waals surface area contributed by atoms with Crippen molar-refractivity contribution < 1.29 is 14.3 Å². The van der Waals surface area contributed by atoms with Crippen molar-refractivity contribution in [2.24, 2.45) is 5.73 Å². The van der Waals surface area contributed by atoms with Gasteiger partial charge in [-0.05, 0) is 13.8 Å². The molecule has 0 rings (SSSR count). The van der Waals surface area contributed by atoms with E-state index in [9.17, 15) is 9.59 Å². The molecule has 14 heavy (non-hydrogen) atoms. The summed E-state index contributed by atoms with van der Waals surface area (Å²) < 4.78 is 4.47. The second-order valence-electron chi connectivity index (χ2n) is 3.43. The second kappa shape index (κ2) is 6.37. The molecule has 0 aliphatic carbocycles. The summed E-state index contributed by atoms with van der Waals surface area (Å²) in [5.74, 6) is -0.477. The van der Waals surface area contributed by atoms with Crippen LogP contribution in [0.5, 0.6) is 0 Å². The molecule has 0 saturated heterocycles. The molecule has 5 nitrogen and oxygen atoms in total. The fourth-order valence-electron chi connectivity index (χ4n) is 1.01. The molecular formula is C9H18N2O3. The van der Waals surface area contributed by atoms with Gasteiger partial charge in [-0.1, -0.05) is 0 Å². The third-order valence-corrected chi connectivity index (χ3v) is 1.62. The van der Waals surface area contributed by atoms with Gasteiger partial charge >= 0.3 is 5.97 Å². The van der Waals surface area contributed by atoms with Crippen molar-refractivity contribution in [1.82, 2.24) is 5.32 Å². The molecule has 0 aromatic heterocycles. The molecule has 0 aromatic rings. The molecule has 1 amide bonds. The van der Waals surface area contributed by atoms with E-state index in [0.29, 0.717) is 0 Å². The molecule has 0 fully saturated rings. The number of rotatable bonds is 5. The first-order valence-electron chi connectivity index (χ1n) is 4.57. The lowest BCUT2D eigenvalue weighted by Crippen LogP contribution is -2.37. The van der Waals surface area contributed by atoms with Crippen LogP contribution in [0.25, 0.3) is 0 Å². The third kappa shape index (κ3) is 6.42. The fourth-order valence-corrected chi connectivity index (χ4v) is 1.01. The number of carbonyl (C=O) groups is 2. The average molecular weight is 202 g/mol. The first kappa shape index (κ1) is 12.9. The topological polar surface area (TPSA) is 81.4 Å². The van der Waals surface area contributed by atoms with Gasteiger partial charge in [0, 0.05) is 18.5 Å². The highest BCUT2D eigenvalue weighted by Crippen LogP contribution is 1.94. The Hall–Kier alpha value is -1.10. The van der Waals surface area contributed by atoms with E-state index in [0.717, 1.165) is 0 Å². The van der Waals surface area contributed by atoms with E-state index in [1.54, 1.807) is 13.8 Å². The maximum absolute atomic E-state index is 11.2. The van der Waals surface area contributed by atoms with Crippen LogP contribution in [0.1, 0.15) is 26.7 Å². The number of hydrogen-bond acceptors (Lipinski definition) is 4. The Balaban J connectivity index is 3.76. The zero-order valence-electron chi connectivity index (χ0n) is 8.87. The molecule has 0 bridgehead atoms. The van der Waals surface area contributed by atoms with Gasteiger partial charge in [-0.2, -0.15) is 0 Å². The number of nitrogens with two attached hydrogens (primary N) is 1. The summed E-state index contributed by atoms with van der Waals surface area (Å²) in [6, 6.07) is -0.381. The SMILES string of the molecule is COC(=O)C[C@H](C)NC(=O)CC(C)N. The largest absolute Gasteiger partial charge is 0.469 e. The molecule has 0 heterocycles. The Labute approximate surface area is 84.0 Å². The van der Waals surface area contributed by atoms with E-state index < -0.39 is 0 Å². The summed E-state index contributed by atoms with van der Waals surface area (Å²) in [5.41, 5.74) is 5.44. The average Bonchev–Trinajstić information content (AvgIpc) is 2.01. The highest BCUT2D eigenvalue weighted by atomic mass is 16.5. The van der Waals surface area contributed by atoms with Crippen LogP contribution in [0, 0.1) is 0 Å². The summed E-state index contributed by atoms with van der Waals surface area (Å²) in [7, 11) is 1.32. The fraction of sp³-hybridized carbons (Fsp3) is 0.778. The van der Waals surface area contributed by atoms with Gasteiger partial charge < -0.3 is 15.8 Å². The third-order valence-electron chi connectivity index (χ3n) is 1.62. The molecule has 82 valence electrons. The quantitative estimate of drug-likeness (QED) is 0.604. The van der Waals surface area contributed by atoms with Crippen molar-refractivity contribution in [1.29, 1.82) is 0 Å². The standard InChI is InChI=1S/C9H18N2O3/c1-6(10)4-8(12)11-7(2)5-9(13)14-3/h6-7H,4-5,10H2,1-3H3,(H,11,12)/t6?,7-/m0/s1. The first-order chi connectivity index (χ1) is 6.45. The Bertz CT molecular complexity index is 204. The molecule has 2 atom stereocenters. The van der Waals surface area contributed by atoms with Gasteiger partial charge in [0.05, 0.1) is 13.5 Å². The molecular weight excluding hydrogens is 184 g/mol. The molecule has 0 saturated carbocycles. The normalized spacial score (nSPS) is 14.3. The van der Waals surface area contributed by atoms with Crippen LogP contribution in [0.3, 0.4) is 0 Å². The number of ether oxygens (including phenoxy) is 1. The molecule has 0 aromatic carbocycles. The van der Waals surface area contributed by atoms with Crippen LogP contribution in [0.4, 0.5) is 0 Å². The Morgan fingerprint density at radius 2 is 1.93 bits per heavy atom. The molecule has 0 spiro atoms. The van der Waals surface area contributed by atoms with Crippen molar-refractivity contribution in [2.45, 2.75) is 38.8 Å². The monoisotopic (exact) mass is 202 g/mol. The van der Waals surface area contributed by atoms with E-state index in [-0.39, 0.29) is 36.8 Å². The highest BCUT2D eigenvalue weighted by molar-refractivity contribution is 5.78. The maximum atomic E-state index is 11.2. The number of amides is 1. The summed E-state index contributed by atoms with van der Waals surface area (Å²) >= 11 is 0. The predicted octanol–water partition coefficient (Wildman–Crippen LogP) is -0.208. The smallest absolute Gasteiger partial charge is 0.307 e. The van der Waals surface area contributed by atoms with Gasteiger partial charge in [-0.25, -0.2) is 0 Å². The lowest BCUT2D eigenvalue weighted by Gasteiger charge is -2.13. The van der Waals surface area contributed by atoms with Gasteiger partial charge in [0.2, 0.25) is 5.91 Å².